The van der Waals surface area contributed by atoms with Gasteiger partial charge in [0.15, 0.2) is 0 Å². The Balaban J connectivity index is 1.84. The normalized spacial score (nSPS) is 15.4. The quantitative estimate of drug-likeness (QED) is 0.776. The fraction of sp³-hybridized carbons (Fsp3) is 0.222. The number of benzene rings is 2. The third-order valence-corrected chi connectivity index (χ3v) is 4.45. The van der Waals surface area contributed by atoms with Crippen LogP contribution in [0.4, 0.5) is 11.6 Å². The van der Waals surface area contributed by atoms with E-state index in [1.54, 1.807) is 18.3 Å². The SMILES string of the molecule is Oc1ccc(Cl)c2cnc(N(c3ccccc3)N3CCOCC3)nc12. The number of nitrogens with zero attached hydrogens (tertiary/aromatic N) is 4. The number of hydrazine groups is 1. The Bertz CT molecular complexity index is 885. The van der Waals surface area contributed by atoms with Gasteiger partial charge in [-0.1, -0.05) is 29.8 Å². The molecule has 0 radical (unpaired) electrons. The van der Waals surface area contributed by atoms with E-state index in [1.165, 1.54) is 0 Å². The highest BCUT2D eigenvalue weighted by Crippen LogP contribution is 2.32. The molecule has 2 aromatic carbocycles. The lowest BCUT2D eigenvalue weighted by Gasteiger charge is -2.37. The van der Waals surface area contributed by atoms with Gasteiger partial charge in [-0.15, -0.1) is 0 Å². The standard InChI is InChI=1S/C18H17ClN4O2/c19-15-6-7-16(24)17-14(15)12-20-18(21-17)23(13-4-2-1-3-5-13)22-8-10-25-11-9-22/h1-7,12,24H,8-11H2. The number of ether oxygens (including phenoxy) is 1. The molecule has 128 valence electrons. The van der Waals surface area contributed by atoms with Crippen LogP contribution in [0.2, 0.25) is 5.02 Å². The number of morpholine rings is 1. The third kappa shape index (κ3) is 3.11. The predicted molar refractivity (Wildman–Crippen MR) is 97.2 cm³/mol. The second-order valence-corrected chi connectivity index (χ2v) is 6.12. The van der Waals surface area contributed by atoms with Gasteiger partial charge in [-0.2, -0.15) is 0 Å². The van der Waals surface area contributed by atoms with E-state index in [0.717, 1.165) is 18.8 Å². The van der Waals surface area contributed by atoms with Crippen molar-refractivity contribution in [3.8, 4) is 5.75 Å². The number of para-hydroxylation sites is 1. The van der Waals surface area contributed by atoms with Gasteiger partial charge >= 0.3 is 0 Å². The van der Waals surface area contributed by atoms with Gasteiger partial charge in [-0.3, -0.25) is 0 Å². The molecule has 1 aliphatic heterocycles. The number of phenols is 1. The fourth-order valence-corrected chi connectivity index (χ4v) is 3.09. The molecule has 25 heavy (non-hydrogen) atoms. The zero-order chi connectivity index (χ0) is 17.2. The fourth-order valence-electron chi connectivity index (χ4n) is 2.89. The van der Waals surface area contributed by atoms with E-state index in [2.05, 4.69) is 15.0 Å². The Morgan fingerprint density at radius 3 is 2.60 bits per heavy atom. The van der Waals surface area contributed by atoms with Crippen LogP contribution in [0.1, 0.15) is 0 Å². The molecular weight excluding hydrogens is 340 g/mol. The molecule has 1 saturated heterocycles. The van der Waals surface area contributed by atoms with Gasteiger partial charge in [0.1, 0.15) is 11.3 Å². The van der Waals surface area contributed by atoms with E-state index in [-0.39, 0.29) is 5.75 Å². The van der Waals surface area contributed by atoms with Crippen LogP contribution < -0.4 is 5.01 Å². The number of rotatable bonds is 3. The largest absolute Gasteiger partial charge is 0.506 e. The lowest BCUT2D eigenvalue weighted by atomic mass is 10.2. The first-order chi connectivity index (χ1) is 12.2. The van der Waals surface area contributed by atoms with Crippen LogP contribution in [-0.4, -0.2) is 46.4 Å². The number of hydrogen-bond donors (Lipinski definition) is 1. The number of hydrogen-bond acceptors (Lipinski definition) is 6. The summed E-state index contributed by atoms with van der Waals surface area (Å²) in [5.41, 5.74) is 1.39. The van der Waals surface area contributed by atoms with Crippen molar-refractivity contribution in [2.45, 2.75) is 0 Å². The maximum Gasteiger partial charge on any atom is 0.245 e. The summed E-state index contributed by atoms with van der Waals surface area (Å²) in [5, 5.41) is 15.4. The van der Waals surface area contributed by atoms with Crippen molar-refractivity contribution < 1.29 is 9.84 Å². The van der Waals surface area contributed by atoms with Gasteiger partial charge < -0.3 is 9.84 Å². The Labute approximate surface area is 150 Å². The highest BCUT2D eigenvalue weighted by atomic mass is 35.5. The molecule has 0 spiro atoms. The highest BCUT2D eigenvalue weighted by Gasteiger charge is 2.23. The average Bonchev–Trinajstić information content (AvgIpc) is 2.67. The summed E-state index contributed by atoms with van der Waals surface area (Å²) in [6.07, 6.45) is 1.65. The summed E-state index contributed by atoms with van der Waals surface area (Å²) >= 11 is 6.19. The van der Waals surface area contributed by atoms with E-state index in [1.807, 2.05) is 35.3 Å². The van der Waals surface area contributed by atoms with Crippen LogP contribution in [-0.2, 0) is 4.74 Å². The molecular formula is C18H17ClN4O2. The van der Waals surface area contributed by atoms with Gasteiger partial charge in [0, 0.05) is 24.7 Å². The van der Waals surface area contributed by atoms with Gasteiger partial charge in [-0.05, 0) is 24.3 Å². The molecule has 4 rings (SSSR count). The molecule has 1 aliphatic rings. The molecule has 0 aliphatic carbocycles. The first-order valence-electron chi connectivity index (χ1n) is 8.06. The molecule has 0 bridgehead atoms. The summed E-state index contributed by atoms with van der Waals surface area (Å²) in [7, 11) is 0. The second-order valence-electron chi connectivity index (χ2n) is 5.71. The van der Waals surface area contributed by atoms with E-state index >= 15 is 0 Å². The maximum absolute atomic E-state index is 10.2. The van der Waals surface area contributed by atoms with Crippen LogP contribution >= 0.6 is 11.6 Å². The molecule has 3 aromatic rings. The van der Waals surface area contributed by atoms with Crippen LogP contribution in [0.25, 0.3) is 10.9 Å². The minimum Gasteiger partial charge on any atom is -0.506 e. The number of anilines is 2. The van der Waals surface area contributed by atoms with Gasteiger partial charge in [-0.25, -0.2) is 20.0 Å². The van der Waals surface area contributed by atoms with Crippen molar-refractivity contribution in [1.29, 1.82) is 0 Å². The summed E-state index contributed by atoms with van der Waals surface area (Å²) in [5.74, 6) is 0.566. The van der Waals surface area contributed by atoms with Crippen LogP contribution in [0.15, 0.2) is 48.7 Å². The van der Waals surface area contributed by atoms with E-state index in [0.29, 0.717) is 35.1 Å². The molecule has 2 heterocycles. The molecule has 0 amide bonds. The monoisotopic (exact) mass is 356 g/mol. The number of aromatic nitrogens is 2. The highest BCUT2D eigenvalue weighted by molar-refractivity contribution is 6.35. The Morgan fingerprint density at radius 1 is 1.08 bits per heavy atom. The first-order valence-corrected chi connectivity index (χ1v) is 8.44. The molecule has 7 heteroatoms. The van der Waals surface area contributed by atoms with E-state index in [9.17, 15) is 5.11 Å². The lowest BCUT2D eigenvalue weighted by molar-refractivity contribution is 0.0372. The van der Waals surface area contributed by atoms with Crippen LogP contribution in [0.5, 0.6) is 5.75 Å². The molecule has 0 saturated carbocycles. The van der Waals surface area contributed by atoms with Gasteiger partial charge in [0.25, 0.3) is 0 Å². The smallest absolute Gasteiger partial charge is 0.245 e. The van der Waals surface area contributed by atoms with Crippen LogP contribution in [0, 0.1) is 0 Å². The average molecular weight is 357 g/mol. The lowest BCUT2D eigenvalue weighted by Crippen LogP contribution is -2.47. The molecule has 6 nitrogen and oxygen atoms in total. The topological polar surface area (TPSA) is 61.7 Å². The number of phenolic OH excluding ortho intramolecular Hbond substituents is 1. The Hall–Kier alpha value is -2.41. The summed E-state index contributed by atoms with van der Waals surface area (Å²) in [6.45, 7) is 2.76. The Kier molecular flexibility index (Phi) is 4.40. The Morgan fingerprint density at radius 2 is 1.84 bits per heavy atom. The molecule has 1 N–H and O–H groups in total. The van der Waals surface area contributed by atoms with Crippen molar-refractivity contribution >= 4 is 34.1 Å². The van der Waals surface area contributed by atoms with E-state index < -0.39 is 0 Å². The van der Waals surface area contributed by atoms with Crippen molar-refractivity contribution in [1.82, 2.24) is 15.0 Å². The van der Waals surface area contributed by atoms with Gasteiger partial charge in [0.2, 0.25) is 5.95 Å². The van der Waals surface area contributed by atoms with Crippen molar-refractivity contribution in [3.05, 3.63) is 53.7 Å². The molecule has 0 unspecified atom stereocenters. The maximum atomic E-state index is 10.2. The molecule has 1 fully saturated rings. The molecule has 1 aromatic heterocycles. The summed E-state index contributed by atoms with van der Waals surface area (Å²) < 4.78 is 5.46. The second kappa shape index (κ2) is 6.84. The van der Waals surface area contributed by atoms with Crippen molar-refractivity contribution in [3.63, 3.8) is 0 Å². The number of fused-ring (bicyclic) bond motifs is 1. The predicted octanol–water partition coefficient (Wildman–Crippen LogP) is 3.37. The zero-order valence-electron chi connectivity index (χ0n) is 13.5. The molecule has 0 atom stereocenters. The van der Waals surface area contributed by atoms with Gasteiger partial charge in [0.05, 0.1) is 23.9 Å². The van der Waals surface area contributed by atoms with E-state index in [4.69, 9.17) is 16.3 Å². The van der Waals surface area contributed by atoms with Crippen molar-refractivity contribution in [2.75, 3.05) is 31.3 Å². The minimum absolute atomic E-state index is 0.0815. The van der Waals surface area contributed by atoms with Crippen LogP contribution in [0.3, 0.4) is 0 Å². The first kappa shape index (κ1) is 16.1. The summed E-state index contributed by atoms with van der Waals surface area (Å²) in [4.78, 5) is 9.08. The third-order valence-electron chi connectivity index (χ3n) is 4.12. The van der Waals surface area contributed by atoms with Crippen molar-refractivity contribution in [2.24, 2.45) is 0 Å². The summed E-state index contributed by atoms with van der Waals surface area (Å²) in [6, 6.07) is 13.1. The number of halogens is 1. The number of aromatic hydroxyl groups is 1. The minimum atomic E-state index is 0.0815. The zero-order valence-corrected chi connectivity index (χ0v) is 14.2.